The van der Waals surface area contributed by atoms with Gasteiger partial charge in [-0.15, -0.1) is 0 Å². The van der Waals surface area contributed by atoms with E-state index in [1.807, 2.05) is 89.6 Å². The molecule has 0 unspecified atom stereocenters. The summed E-state index contributed by atoms with van der Waals surface area (Å²) in [5.74, 6) is -0.230. The standard InChI is InChI=1S/C23H16N4O/c28-23(20-13-10-16-5-1-2-6-19(16)25-20)24-18-11-8-17(9-12-18)21-15-27-14-4-3-7-22(27)26-21/h1-15H,(H,24,28). The molecule has 0 aliphatic heterocycles. The predicted molar refractivity (Wildman–Crippen MR) is 110 cm³/mol. The van der Waals surface area contributed by atoms with Crippen LogP contribution in [-0.4, -0.2) is 20.3 Å². The van der Waals surface area contributed by atoms with Gasteiger partial charge in [0, 0.05) is 29.0 Å². The molecule has 1 amide bonds. The third-order valence-corrected chi connectivity index (χ3v) is 4.63. The van der Waals surface area contributed by atoms with Gasteiger partial charge in [-0.2, -0.15) is 0 Å². The Morgan fingerprint density at radius 1 is 0.821 bits per heavy atom. The van der Waals surface area contributed by atoms with Crippen molar-refractivity contribution in [1.82, 2.24) is 14.4 Å². The third kappa shape index (κ3) is 2.99. The maximum Gasteiger partial charge on any atom is 0.274 e. The van der Waals surface area contributed by atoms with Gasteiger partial charge in [-0.3, -0.25) is 4.79 Å². The number of aromatic nitrogens is 3. The molecule has 0 bridgehead atoms. The van der Waals surface area contributed by atoms with Crippen LogP contribution in [0.5, 0.6) is 0 Å². The molecule has 5 aromatic rings. The molecule has 5 rings (SSSR count). The van der Waals surface area contributed by atoms with Crippen molar-refractivity contribution in [3.05, 3.63) is 97.0 Å². The minimum atomic E-state index is -0.230. The minimum Gasteiger partial charge on any atom is -0.321 e. The van der Waals surface area contributed by atoms with Crippen LogP contribution in [0, 0.1) is 0 Å². The zero-order valence-corrected chi connectivity index (χ0v) is 14.9. The maximum absolute atomic E-state index is 12.5. The second-order valence-corrected chi connectivity index (χ2v) is 6.51. The van der Waals surface area contributed by atoms with E-state index in [0.717, 1.165) is 27.8 Å². The number of hydrogen-bond acceptors (Lipinski definition) is 3. The number of hydrogen-bond donors (Lipinski definition) is 1. The average Bonchev–Trinajstić information content (AvgIpc) is 3.18. The number of para-hydroxylation sites is 1. The fourth-order valence-corrected chi connectivity index (χ4v) is 3.19. The van der Waals surface area contributed by atoms with Crippen molar-refractivity contribution in [3.8, 4) is 11.3 Å². The van der Waals surface area contributed by atoms with Gasteiger partial charge in [0.25, 0.3) is 5.91 Å². The first kappa shape index (κ1) is 16.2. The fourth-order valence-electron chi connectivity index (χ4n) is 3.19. The number of nitrogens with zero attached hydrogens (tertiary/aromatic N) is 3. The van der Waals surface area contributed by atoms with Gasteiger partial charge in [-0.1, -0.05) is 42.5 Å². The monoisotopic (exact) mass is 364 g/mol. The number of carbonyl (C=O) groups is 1. The molecular weight excluding hydrogens is 348 g/mol. The van der Waals surface area contributed by atoms with E-state index in [2.05, 4.69) is 15.3 Å². The Labute approximate surface area is 161 Å². The molecular formula is C23H16N4O. The number of anilines is 1. The van der Waals surface area contributed by atoms with Crippen LogP contribution in [0.4, 0.5) is 5.69 Å². The summed E-state index contributed by atoms with van der Waals surface area (Å²) in [4.78, 5) is 21.6. The highest BCUT2D eigenvalue weighted by Gasteiger charge is 2.09. The predicted octanol–water partition coefficient (Wildman–Crippen LogP) is 4.80. The number of nitrogens with one attached hydrogen (secondary N) is 1. The van der Waals surface area contributed by atoms with Gasteiger partial charge in [0.05, 0.1) is 11.2 Å². The topological polar surface area (TPSA) is 59.3 Å². The van der Waals surface area contributed by atoms with Crippen molar-refractivity contribution < 1.29 is 4.79 Å². The Morgan fingerprint density at radius 3 is 2.50 bits per heavy atom. The second kappa shape index (κ2) is 6.63. The summed E-state index contributed by atoms with van der Waals surface area (Å²) < 4.78 is 1.98. The molecule has 5 nitrogen and oxygen atoms in total. The lowest BCUT2D eigenvalue weighted by Crippen LogP contribution is -2.13. The number of carbonyl (C=O) groups excluding carboxylic acids is 1. The van der Waals surface area contributed by atoms with Gasteiger partial charge < -0.3 is 9.72 Å². The second-order valence-electron chi connectivity index (χ2n) is 6.51. The first-order chi connectivity index (χ1) is 13.8. The van der Waals surface area contributed by atoms with Gasteiger partial charge in [0.2, 0.25) is 0 Å². The van der Waals surface area contributed by atoms with E-state index in [0.29, 0.717) is 11.4 Å². The number of benzene rings is 2. The van der Waals surface area contributed by atoms with Gasteiger partial charge in [0.15, 0.2) is 0 Å². The molecule has 5 heteroatoms. The Morgan fingerprint density at radius 2 is 1.64 bits per heavy atom. The van der Waals surface area contributed by atoms with Gasteiger partial charge >= 0.3 is 0 Å². The first-order valence-electron chi connectivity index (χ1n) is 8.98. The summed E-state index contributed by atoms with van der Waals surface area (Å²) in [5, 5.41) is 3.91. The smallest absolute Gasteiger partial charge is 0.274 e. The molecule has 0 spiro atoms. The van der Waals surface area contributed by atoms with Crippen LogP contribution < -0.4 is 5.32 Å². The Hall–Kier alpha value is -3.99. The summed E-state index contributed by atoms with van der Waals surface area (Å²) >= 11 is 0. The van der Waals surface area contributed by atoms with Crippen LogP contribution in [0.3, 0.4) is 0 Å². The molecule has 3 heterocycles. The molecule has 0 atom stereocenters. The summed E-state index contributed by atoms with van der Waals surface area (Å²) in [6.45, 7) is 0. The Kier molecular flexibility index (Phi) is 3.84. The quantitative estimate of drug-likeness (QED) is 0.500. The highest BCUT2D eigenvalue weighted by Crippen LogP contribution is 2.22. The van der Waals surface area contributed by atoms with Crippen molar-refractivity contribution in [2.75, 3.05) is 5.32 Å². The van der Waals surface area contributed by atoms with E-state index in [1.165, 1.54) is 0 Å². The van der Waals surface area contributed by atoms with Crippen molar-refractivity contribution in [2.45, 2.75) is 0 Å². The number of pyridine rings is 2. The maximum atomic E-state index is 12.5. The zero-order chi connectivity index (χ0) is 18.9. The summed E-state index contributed by atoms with van der Waals surface area (Å²) in [5.41, 5.74) is 4.69. The largest absolute Gasteiger partial charge is 0.321 e. The molecule has 1 N–H and O–H groups in total. The lowest BCUT2D eigenvalue weighted by Gasteiger charge is -2.06. The number of rotatable bonds is 3. The molecule has 0 fully saturated rings. The molecule has 0 saturated carbocycles. The van der Waals surface area contributed by atoms with Crippen molar-refractivity contribution in [1.29, 1.82) is 0 Å². The van der Waals surface area contributed by atoms with Gasteiger partial charge in [-0.05, 0) is 36.4 Å². The lowest BCUT2D eigenvalue weighted by atomic mass is 10.1. The number of fused-ring (bicyclic) bond motifs is 2. The normalized spacial score (nSPS) is 11.0. The van der Waals surface area contributed by atoms with Gasteiger partial charge in [-0.25, -0.2) is 9.97 Å². The van der Waals surface area contributed by atoms with Crippen LogP contribution in [0.15, 0.2) is 91.3 Å². The molecule has 2 aromatic carbocycles. The highest BCUT2D eigenvalue weighted by molar-refractivity contribution is 6.04. The molecule has 3 aromatic heterocycles. The molecule has 0 radical (unpaired) electrons. The van der Waals surface area contributed by atoms with Crippen LogP contribution in [0.2, 0.25) is 0 Å². The summed E-state index contributed by atoms with van der Waals surface area (Å²) in [6.07, 6.45) is 3.96. The first-order valence-corrected chi connectivity index (χ1v) is 8.98. The Bertz CT molecular complexity index is 1270. The van der Waals surface area contributed by atoms with Crippen molar-refractivity contribution in [3.63, 3.8) is 0 Å². The van der Waals surface area contributed by atoms with E-state index >= 15 is 0 Å². The van der Waals surface area contributed by atoms with E-state index in [9.17, 15) is 4.79 Å². The van der Waals surface area contributed by atoms with E-state index in [1.54, 1.807) is 6.07 Å². The molecule has 0 aliphatic carbocycles. The lowest BCUT2D eigenvalue weighted by molar-refractivity contribution is 0.102. The number of imidazole rings is 1. The van der Waals surface area contributed by atoms with Gasteiger partial charge in [0.1, 0.15) is 11.3 Å². The number of amides is 1. The van der Waals surface area contributed by atoms with Crippen molar-refractivity contribution in [2.24, 2.45) is 0 Å². The molecule has 0 saturated heterocycles. The van der Waals surface area contributed by atoms with E-state index in [4.69, 9.17) is 0 Å². The van der Waals surface area contributed by atoms with Crippen LogP contribution in [0.25, 0.3) is 27.8 Å². The Balaban J connectivity index is 1.37. The summed E-state index contributed by atoms with van der Waals surface area (Å²) in [6, 6.07) is 24.9. The third-order valence-electron chi connectivity index (χ3n) is 4.63. The van der Waals surface area contributed by atoms with Crippen molar-refractivity contribution >= 4 is 28.1 Å². The highest BCUT2D eigenvalue weighted by atomic mass is 16.1. The van der Waals surface area contributed by atoms with Crippen LogP contribution >= 0.6 is 0 Å². The molecule has 28 heavy (non-hydrogen) atoms. The minimum absolute atomic E-state index is 0.230. The fraction of sp³-hybridized carbons (Fsp3) is 0. The molecule has 134 valence electrons. The van der Waals surface area contributed by atoms with E-state index in [-0.39, 0.29) is 5.91 Å². The zero-order valence-electron chi connectivity index (χ0n) is 14.9. The molecule has 0 aliphatic rings. The van der Waals surface area contributed by atoms with E-state index < -0.39 is 0 Å². The average molecular weight is 364 g/mol. The van der Waals surface area contributed by atoms with Crippen LogP contribution in [0.1, 0.15) is 10.5 Å². The SMILES string of the molecule is O=C(Nc1ccc(-c2cn3ccccc3n2)cc1)c1ccc2ccccc2n1. The van der Waals surface area contributed by atoms with Crippen LogP contribution in [-0.2, 0) is 0 Å². The summed E-state index contributed by atoms with van der Waals surface area (Å²) in [7, 11) is 0.